The minimum absolute atomic E-state index is 0. The first-order chi connectivity index (χ1) is 36.2. The van der Waals surface area contributed by atoms with Crippen LogP contribution >= 0.6 is 0 Å². The highest BCUT2D eigenvalue weighted by Gasteiger charge is 2.66. The van der Waals surface area contributed by atoms with Crippen molar-refractivity contribution >= 4 is 12.8 Å². The van der Waals surface area contributed by atoms with Crippen LogP contribution in [0.3, 0.4) is 0 Å². The van der Waals surface area contributed by atoms with Gasteiger partial charge in [0.1, 0.15) is 18.0 Å². The van der Waals surface area contributed by atoms with E-state index in [1.54, 1.807) is 38.0 Å². The second-order valence-electron chi connectivity index (χ2n) is 26.8. The average Bonchev–Trinajstić information content (AvgIpc) is 4.36. The molecule has 6 unspecified atom stereocenters. The molecular formula is C69H98O8. The molecule has 0 aromatic carbocycles. The van der Waals surface area contributed by atoms with Crippen LogP contribution in [0.4, 0.5) is 0 Å². The Bertz CT molecular complexity index is 2750. The van der Waals surface area contributed by atoms with E-state index in [0.29, 0.717) is 41.9 Å². The van der Waals surface area contributed by atoms with Crippen molar-refractivity contribution in [1.82, 2.24) is 0 Å². The Hall–Kier alpha value is -4.58. The van der Waals surface area contributed by atoms with Crippen LogP contribution in [0.25, 0.3) is 0 Å². The number of aliphatic hydroxyl groups is 2. The molecule has 0 amide bonds. The van der Waals surface area contributed by atoms with Crippen LogP contribution in [0.1, 0.15) is 180 Å². The molecule has 8 heteroatoms. The quantitative estimate of drug-likeness (QED) is 0.163. The number of methoxy groups -OCH3 is 3. The van der Waals surface area contributed by atoms with Crippen LogP contribution in [0, 0.1) is 80.3 Å². The van der Waals surface area contributed by atoms with Crippen molar-refractivity contribution in [3.8, 4) is 12.3 Å². The standard InChI is InChI=1S/C23H30O3.C22H30O2.C22H28O2.CH2O.CH4.2H2/c1-21-10-6-16(25-3)14-15(21)4-5-17-18(21)7-11-22(2)19(17)8-12-23(22)13-9-20(24)26-23;2*1-5-22(23)13-10-19-17-7-6-15-14-16(24-4)8-11-20(15,2)18(17)9-12-21(19,22)3;1-2;;;/h4,7,14,17,19H,5-6,8-13H2,1-3H3;5-6,9,14,17,19,23H,1,7-8,10-13H2,2-4H3;1,6,9,14,17,19,23H,7-8,10-13H2,2-4H3;1H2;1H4;2*1H/t17?,19?,21-,22-,23+;2*17?,19?,20-,21-,22-;;;;/m000..../s1. The fourth-order valence-electron chi connectivity index (χ4n) is 19.2. The number of esters is 1. The molecule has 1 spiro atoms. The molecule has 2 N–H and O–H groups in total. The van der Waals surface area contributed by atoms with Gasteiger partial charge in [-0.1, -0.05) is 114 Å². The van der Waals surface area contributed by atoms with Crippen molar-refractivity contribution in [1.29, 1.82) is 0 Å². The number of carbonyl (C=O) groups excluding carboxylic acids is 2. The van der Waals surface area contributed by atoms with E-state index in [-0.39, 0.29) is 54.3 Å². The smallest absolute Gasteiger partial charge is 0.306 e. The van der Waals surface area contributed by atoms with Gasteiger partial charge in [-0.2, -0.15) is 0 Å². The number of hydrogen-bond acceptors (Lipinski definition) is 8. The first-order valence-electron chi connectivity index (χ1n) is 29.2. The van der Waals surface area contributed by atoms with Gasteiger partial charge in [-0.3, -0.25) is 4.79 Å². The summed E-state index contributed by atoms with van der Waals surface area (Å²) in [7, 11) is 5.33. The molecule has 3 saturated carbocycles. The highest BCUT2D eigenvalue weighted by molar-refractivity contribution is 5.72. The molecule has 0 aromatic rings. The van der Waals surface area contributed by atoms with E-state index >= 15 is 0 Å². The predicted molar refractivity (Wildman–Crippen MR) is 312 cm³/mol. The van der Waals surface area contributed by atoms with Crippen molar-refractivity contribution in [3.63, 3.8) is 0 Å². The molecule has 0 radical (unpaired) electrons. The average molecular weight is 1060 g/mol. The zero-order valence-corrected chi connectivity index (χ0v) is 47.7. The minimum Gasteiger partial charge on any atom is -0.501 e. The third-order valence-electron chi connectivity index (χ3n) is 24.4. The second-order valence-corrected chi connectivity index (χ2v) is 26.8. The van der Waals surface area contributed by atoms with Gasteiger partial charge in [0.15, 0.2) is 0 Å². The first-order valence-corrected chi connectivity index (χ1v) is 29.2. The van der Waals surface area contributed by atoms with Crippen molar-refractivity contribution < 1.29 is 41.6 Å². The normalized spacial score (nSPS) is 44.9. The number of terminal acetylenes is 1. The molecular weight excluding hydrogens is 957 g/mol. The van der Waals surface area contributed by atoms with Crippen LogP contribution in [-0.4, -0.2) is 61.1 Å². The summed E-state index contributed by atoms with van der Waals surface area (Å²) in [4.78, 5) is 19.9. The summed E-state index contributed by atoms with van der Waals surface area (Å²) in [5.74, 6) is 9.47. The van der Waals surface area contributed by atoms with Crippen molar-refractivity contribution in [2.24, 2.45) is 68.0 Å². The number of ether oxygens (including phenoxy) is 4. The first kappa shape index (κ1) is 57.1. The molecule has 422 valence electrons. The number of hydrogen-bond donors (Lipinski definition) is 2. The van der Waals surface area contributed by atoms with Gasteiger partial charge in [0.2, 0.25) is 0 Å². The third-order valence-corrected chi connectivity index (χ3v) is 24.4. The molecule has 8 nitrogen and oxygen atoms in total. The molecule has 13 aliphatic rings. The van der Waals surface area contributed by atoms with Crippen molar-refractivity contribution in [3.05, 3.63) is 118 Å². The predicted octanol–water partition coefficient (Wildman–Crippen LogP) is 15.3. The lowest BCUT2D eigenvalue weighted by molar-refractivity contribution is -0.160. The van der Waals surface area contributed by atoms with Gasteiger partial charge in [-0.05, 0) is 173 Å². The topological polar surface area (TPSA) is 112 Å². The maximum Gasteiger partial charge on any atom is 0.306 e. The summed E-state index contributed by atoms with van der Waals surface area (Å²) in [5, 5.41) is 22.1. The molecule has 12 aliphatic carbocycles. The molecule has 4 fully saturated rings. The highest BCUT2D eigenvalue weighted by Crippen LogP contribution is 2.69. The van der Waals surface area contributed by atoms with Gasteiger partial charge < -0.3 is 34.0 Å². The molecule has 77 heavy (non-hydrogen) atoms. The van der Waals surface area contributed by atoms with E-state index in [4.69, 9.17) is 30.2 Å². The van der Waals surface area contributed by atoms with Crippen molar-refractivity contribution in [2.45, 2.75) is 194 Å². The van der Waals surface area contributed by atoms with Crippen LogP contribution in [0.2, 0.25) is 0 Å². The molecule has 1 aliphatic heterocycles. The second kappa shape index (κ2) is 20.2. The van der Waals surface area contributed by atoms with E-state index in [1.165, 1.54) is 23.1 Å². The van der Waals surface area contributed by atoms with Gasteiger partial charge in [-0.15, -0.1) is 13.0 Å². The molecule has 13 rings (SSSR count). The van der Waals surface area contributed by atoms with E-state index in [0.717, 1.165) is 133 Å². The van der Waals surface area contributed by atoms with Crippen molar-refractivity contribution in [2.75, 3.05) is 21.3 Å². The molecule has 15 atom stereocenters. The summed E-state index contributed by atoms with van der Waals surface area (Å²) < 4.78 is 22.5. The SMILES string of the molecule is C.C#C[C@]1(O)CCC2C3CC=C4C=C(OC)CC[C@]4(C)C3=CC[C@@]21C.C=C[C@]1(O)CCC2C3CC=C4C=C(OC)CC[C@]4(C)C3=CC[C@@]21C.C=O.COC1=CC2=CCC3C(=CC[C@@]4(C)C3CC[C@@]43CCC(=O)O3)[C@@]2(C)CC1.[HH].[HH]. The zero-order valence-electron chi connectivity index (χ0n) is 47.7. The van der Waals surface area contributed by atoms with Gasteiger partial charge in [-0.25, -0.2) is 0 Å². The highest BCUT2D eigenvalue weighted by atomic mass is 16.6. The fourth-order valence-corrected chi connectivity index (χ4v) is 19.2. The number of carbonyl (C=O) groups is 2. The summed E-state index contributed by atoms with van der Waals surface area (Å²) in [6.07, 6.45) is 49.3. The Morgan fingerprint density at radius 3 is 1.38 bits per heavy atom. The van der Waals surface area contributed by atoms with E-state index < -0.39 is 11.2 Å². The number of rotatable bonds is 4. The Labute approximate surface area is 466 Å². The third kappa shape index (κ3) is 8.24. The largest absolute Gasteiger partial charge is 0.501 e. The monoisotopic (exact) mass is 1050 g/mol. The summed E-state index contributed by atoms with van der Waals surface area (Å²) in [6, 6.07) is 0. The fraction of sp³-hybridized carbons (Fsp3) is 0.652. The molecule has 0 aromatic heterocycles. The van der Waals surface area contributed by atoms with Gasteiger partial charge >= 0.3 is 5.97 Å². The Balaban J connectivity index is 0.000000166. The Kier molecular flexibility index (Phi) is 15.0. The molecule has 0 bridgehead atoms. The van der Waals surface area contributed by atoms with Crippen LogP contribution in [0.15, 0.2) is 118 Å². The van der Waals surface area contributed by atoms with Crippen LogP contribution in [-0.2, 0) is 28.5 Å². The van der Waals surface area contributed by atoms with Gasteiger partial charge in [0.25, 0.3) is 0 Å². The maximum atomic E-state index is 11.9. The lowest BCUT2D eigenvalue weighted by Crippen LogP contribution is -2.50. The summed E-state index contributed by atoms with van der Waals surface area (Å²) in [6.45, 7) is 20.1. The van der Waals surface area contributed by atoms with Crippen LogP contribution in [0.5, 0.6) is 0 Å². The van der Waals surface area contributed by atoms with E-state index in [9.17, 15) is 15.0 Å². The Morgan fingerprint density at radius 2 is 0.974 bits per heavy atom. The lowest BCUT2D eigenvalue weighted by Gasteiger charge is -2.53. The number of fused-ring (bicyclic) bond motifs is 16. The summed E-state index contributed by atoms with van der Waals surface area (Å²) in [5.41, 5.74) is 7.64. The zero-order chi connectivity index (χ0) is 54.5. The Morgan fingerprint density at radius 1 is 0.584 bits per heavy atom. The van der Waals surface area contributed by atoms with E-state index in [1.807, 2.05) is 12.9 Å². The van der Waals surface area contributed by atoms with Gasteiger partial charge in [0, 0.05) is 61.0 Å². The van der Waals surface area contributed by atoms with Crippen LogP contribution < -0.4 is 0 Å². The van der Waals surface area contributed by atoms with Gasteiger partial charge in [0.05, 0.1) is 44.2 Å². The lowest BCUT2D eigenvalue weighted by atomic mass is 9.52. The molecule has 1 saturated heterocycles. The molecule has 1 heterocycles. The minimum atomic E-state index is -0.944. The summed E-state index contributed by atoms with van der Waals surface area (Å²) >= 11 is 0. The number of allylic oxidation sites excluding steroid dienone is 18. The van der Waals surface area contributed by atoms with E-state index in [2.05, 4.69) is 109 Å². The maximum absolute atomic E-state index is 11.9.